The first-order valence-electron chi connectivity index (χ1n) is 10.7. The van der Waals surface area contributed by atoms with E-state index in [1.165, 1.54) is 12.1 Å². The van der Waals surface area contributed by atoms with Crippen molar-refractivity contribution < 1.29 is 27.9 Å². The Bertz CT molecular complexity index is 1030. The summed E-state index contributed by atoms with van der Waals surface area (Å²) in [6, 6.07) is 3.32. The number of ether oxygens (including phenoxy) is 1. The van der Waals surface area contributed by atoms with Crippen molar-refractivity contribution in [2.45, 2.75) is 38.6 Å². The Kier molecular flexibility index (Phi) is 8.21. The van der Waals surface area contributed by atoms with Crippen molar-refractivity contribution in [3.05, 3.63) is 40.8 Å². The minimum Gasteiger partial charge on any atom is -0.449 e. The van der Waals surface area contributed by atoms with Gasteiger partial charge in [-0.3, -0.25) is 4.79 Å². The van der Waals surface area contributed by atoms with Crippen LogP contribution in [0.4, 0.5) is 24.1 Å². The first-order chi connectivity index (χ1) is 15.8. The van der Waals surface area contributed by atoms with E-state index in [4.69, 9.17) is 10.5 Å². The van der Waals surface area contributed by atoms with Crippen molar-refractivity contribution in [2.24, 2.45) is 5.73 Å². The Morgan fingerprint density at radius 2 is 2.06 bits per heavy atom. The first kappa shape index (κ1) is 24.4. The molecular formula is C22H26F2N4O4S. The molecule has 4 N–H and O–H groups in total. The fraction of sp³-hybridized carbons (Fsp3) is 0.409. The van der Waals surface area contributed by atoms with Gasteiger partial charge >= 0.3 is 12.1 Å². The molecule has 0 aliphatic carbocycles. The van der Waals surface area contributed by atoms with Crippen molar-refractivity contribution in [1.82, 2.24) is 10.2 Å². The molecule has 1 saturated heterocycles. The van der Waals surface area contributed by atoms with Gasteiger partial charge < -0.3 is 26.0 Å². The van der Waals surface area contributed by atoms with Gasteiger partial charge in [-0.05, 0) is 37.5 Å². The van der Waals surface area contributed by atoms with Crippen LogP contribution in [0.2, 0.25) is 0 Å². The molecule has 178 valence electrons. The average molecular weight is 481 g/mol. The van der Waals surface area contributed by atoms with Crippen LogP contribution in [0.25, 0.3) is 10.4 Å². The normalized spacial score (nSPS) is 15.7. The number of rotatable bonds is 7. The van der Waals surface area contributed by atoms with Gasteiger partial charge in [0.2, 0.25) is 0 Å². The number of thiophene rings is 1. The number of anilines is 1. The molecule has 4 amide bonds. The molecule has 0 unspecified atom stereocenters. The summed E-state index contributed by atoms with van der Waals surface area (Å²) in [4.78, 5) is 38.7. The van der Waals surface area contributed by atoms with Crippen LogP contribution in [0.15, 0.2) is 24.3 Å². The number of hydrogen-bond acceptors (Lipinski definition) is 5. The average Bonchev–Trinajstić information content (AvgIpc) is 3.16. The van der Waals surface area contributed by atoms with E-state index in [1.54, 1.807) is 4.90 Å². The third-order valence-electron chi connectivity index (χ3n) is 5.13. The number of hydrogen-bond donors (Lipinski definition) is 3. The maximum Gasteiger partial charge on any atom is 0.409 e. The third-order valence-corrected chi connectivity index (χ3v) is 6.30. The Morgan fingerprint density at radius 1 is 1.27 bits per heavy atom. The Morgan fingerprint density at radius 3 is 2.76 bits per heavy atom. The fourth-order valence-electron chi connectivity index (χ4n) is 3.51. The Labute approximate surface area is 194 Å². The molecule has 1 aromatic carbocycles. The molecule has 3 rings (SSSR count). The van der Waals surface area contributed by atoms with Crippen molar-refractivity contribution in [3.63, 3.8) is 0 Å². The molecule has 1 fully saturated rings. The molecule has 1 atom stereocenters. The summed E-state index contributed by atoms with van der Waals surface area (Å²) in [6.07, 6.45) is 2.64. The zero-order valence-corrected chi connectivity index (χ0v) is 19.0. The summed E-state index contributed by atoms with van der Waals surface area (Å²) in [6.45, 7) is 3.18. The lowest BCUT2D eigenvalue weighted by atomic mass is 10.1. The van der Waals surface area contributed by atoms with Gasteiger partial charge in [0.25, 0.3) is 5.91 Å². The number of likely N-dealkylation sites (tertiary alicyclic amines) is 1. The molecule has 8 nitrogen and oxygen atoms in total. The molecule has 1 aromatic heterocycles. The first-order valence-corrected chi connectivity index (χ1v) is 11.5. The van der Waals surface area contributed by atoms with Crippen LogP contribution >= 0.6 is 11.3 Å². The number of nitrogens with two attached hydrogens (primary N) is 1. The van der Waals surface area contributed by atoms with Crippen LogP contribution in [-0.2, 0) is 4.74 Å². The molecule has 0 bridgehead atoms. The number of primary amides is 1. The van der Waals surface area contributed by atoms with Crippen LogP contribution in [0, 0.1) is 11.6 Å². The van der Waals surface area contributed by atoms with Crippen LogP contribution in [0.5, 0.6) is 0 Å². The van der Waals surface area contributed by atoms with Gasteiger partial charge in [-0.25, -0.2) is 18.4 Å². The van der Waals surface area contributed by atoms with Gasteiger partial charge in [-0.2, -0.15) is 0 Å². The summed E-state index contributed by atoms with van der Waals surface area (Å²) in [5.74, 6) is -2.02. The Hall–Kier alpha value is -3.21. The zero-order chi connectivity index (χ0) is 24.0. The molecule has 33 heavy (non-hydrogen) atoms. The number of carbonyl (C=O) groups is 3. The van der Waals surface area contributed by atoms with Crippen molar-refractivity contribution >= 4 is 35.1 Å². The molecule has 11 heteroatoms. The van der Waals surface area contributed by atoms with Crippen molar-refractivity contribution in [3.8, 4) is 10.4 Å². The van der Waals surface area contributed by atoms with E-state index in [0.717, 1.165) is 36.3 Å². The smallest absolute Gasteiger partial charge is 0.409 e. The number of urea groups is 1. The number of piperidine rings is 1. The summed E-state index contributed by atoms with van der Waals surface area (Å²) in [5.41, 5.74) is 5.43. The van der Waals surface area contributed by atoms with E-state index in [0.29, 0.717) is 37.4 Å². The second-order valence-corrected chi connectivity index (χ2v) is 8.75. The Balaban J connectivity index is 1.75. The van der Waals surface area contributed by atoms with E-state index >= 15 is 0 Å². The van der Waals surface area contributed by atoms with E-state index in [-0.39, 0.29) is 22.2 Å². The van der Waals surface area contributed by atoms with E-state index < -0.39 is 29.7 Å². The number of carbonyl (C=O) groups excluding carboxylic acids is 3. The van der Waals surface area contributed by atoms with Gasteiger partial charge in [0.05, 0.1) is 12.3 Å². The maximum absolute atomic E-state index is 14.2. The molecule has 0 saturated carbocycles. The predicted octanol–water partition coefficient (Wildman–Crippen LogP) is 4.31. The second kappa shape index (κ2) is 11.1. The van der Waals surface area contributed by atoms with Crippen LogP contribution in [0.1, 0.15) is 42.3 Å². The number of benzene rings is 1. The molecule has 1 aliphatic heterocycles. The molecular weight excluding hydrogens is 454 g/mol. The number of halogens is 2. The molecule has 0 radical (unpaired) electrons. The number of unbranched alkanes of at least 4 members (excludes halogenated alkanes) is 1. The lowest BCUT2D eigenvalue weighted by molar-refractivity contribution is 0.0798. The monoisotopic (exact) mass is 480 g/mol. The predicted molar refractivity (Wildman–Crippen MR) is 121 cm³/mol. The summed E-state index contributed by atoms with van der Waals surface area (Å²) in [7, 11) is 0. The molecule has 0 spiro atoms. The molecule has 1 aliphatic rings. The van der Waals surface area contributed by atoms with Gasteiger partial charge in [0.15, 0.2) is 0 Å². The van der Waals surface area contributed by atoms with E-state index in [1.807, 2.05) is 6.92 Å². The number of nitrogens with zero attached hydrogens (tertiary/aromatic N) is 1. The quantitative estimate of drug-likeness (QED) is 0.512. The largest absolute Gasteiger partial charge is 0.449 e. The summed E-state index contributed by atoms with van der Waals surface area (Å²) in [5, 5.41) is 5.24. The SMILES string of the molecule is CCCCOC(=O)N1CCC[C@@H](NC(=O)c2sc(-c3ccc(F)cc3F)cc2NC(N)=O)C1. The molecule has 2 heterocycles. The van der Waals surface area contributed by atoms with Gasteiger partial charge in [-0.15, -0.1) is 11.3 Å². The van der Waals surface area contributed by atoms with Crippen LogP contribution in [-0.4, -0.2) is 48.7 Å². The molecule has 2 aromatic rings. The minimum atomic E-state index is -0.883. The third kappa shape index (κ3) is 6.41. The van der Waals surface area contributed by atoms with Gasteiger partial charge in [0, 0.05) is 35.6 Å². The van der Waals surface area contributed by atoms with Crippen molar-refractivity contribution in [2.75, 3.05) is 25.0 Å². The number of nitrogens with one attached hydrogen (secondary N) is 2. The van der Waals surface area contributed by atoms with Crippen molar-refractivity contribution in [1.29, 1.82) is 0 Å². The van der Waals surface area contributed by atoms with Crippen LogP contribution in [0.3, 0.4) is 0 Å². The van der Waals surface area contributed by atoms with Gasteiger partial charge in [0.1, 0.15) is 16.5 Å². The highest BCUT2D eigenvalue weighted by Gasteiger charge is 2.28. The zero-order valence-electron chi connectivity index (χ0n) is 18.2. The minimum absolute atomic E-state index is 0.0895. The highest BCUT2D eigenvalue weighted by molar-refractivity contribution is 7.18. The highest BCUT2D eigenvalue weighted by atomic mass is 32.1. The fourth-order valence-corrected chi connectivity index (χ4v) is 4.56. The standard InChI is InChI=1S/C22H26F2N4O4S/c1-2-3-9-32-22(31)28-8-4-5-14(12-28)26-20(29)19-17(27-21(25)30)11-18(33-19)15-7-6-13(23)10-16(15)24/h6-7,10-11,14H,2-5,8-9,12H2,1H3,(H,26,29)(H3,25,27,30)/t14-/m1/s1. The van der Waals surface area contributed by atoms with E-state index in [9.17, 15) is 23.2 Å². The topological polar surface area (TPSA) is 114 Å². The lowest BCUT2D eigenvalue weighted by Gasteiger charge is -2.32. The highest BCUT2D eigenvalue weighted by Crippen LogP contribution is 2.36. The second-order valence-electron chi connectivity index (χ2n) is 7.69. The van der Waals surface area contributed by atoms with Gasteiger partial charge in [-0.1, -0.05) is 13.3 Å². The van der Waals surface area contributed by atoms with E-state index in [2.05, 4.69) is 10.6 Å². The summed E-state index contributed by atoms with van der Waals surface area (Å²) < 4.78 is 32.8. The van der Waals surface area contributed by atoms with Crippen LogP contribution < -0.4 is 16.4 Å². The number of amides is 4. The maximum atomic E-state index is 14.2. The lowest BCUT2D eigenvalue weighted by Crippen LogP contribution is -2.49. The summed E-state index contributed by atoms with van der Waals surface area (Å²) >= 11 is 0.942.